The minimum Gasteiger partial charge on any atom is -0.465 e. The molecule has 110 valence electrons. The number of esters is 1. The Morgan fingerprint density at radius 2 is 2.14 bits per heavy atom. The number of benzene rings is 1. The predicted molar refractivity (Wildman–Crippen MR) is 78.4 cm³/mol. The predicted octanol–water partition coefficient (Wildman–Crippen LogP) is 1.69. The maximum absolute atomic E-state index is 12.2. The van der Waals surface area contributed by atoms with Crippen LogP contribution in [0, 0.1) is 0 Å². The Kier molecular flexibility index (Phi) is 4.13. The van der Waals surface area contributed by atoms with Gasteiger partial charge >= 0.3 is 5.97 Å². The van der Waals surface area contributed by atoms with Gasteiger partial charge in [-0.25, -0.2) is 4.79 Å². The molecule has 0 aliphatic carbocycles. The van der Waals surface area contributed by atoms with Crippen molar-refractivity contribution in [2.45, 2.75) is 0 Å². The normalized spacial score (nSPS) is 10.2. The number of anilines is 2. The van der Waals surface area contributed by atoms with E-state index in [1.807, 2.05) is 0 Å². The minimum absolute atomic E-state index is 0.186. The van der Waals surface area contributed by atoms with Gasteiger partial charge in [0.05, 0.1) is 30.2 Å². The summed E-state index contributed by atoms with van der Waals surface area (Å²) in [6, 6.07) is 4.45. The second-order valence-electron chi connectivity index (χ2n) is 4.21. The summed E-state index contributed by atoms with van der Waals surface area (Å²) in [7, 11) is 2.84. The van der Waals surface area contributed by atoms with Crippen LogP contribution in [0.1, 0.15) is 20.8 Å². The lowest BCUT2D eigenvalue weighted by molar-refractivity contribution is 0.0602. The van der Waals surface area contributed by atoms with Gasteiger partial charge in [-0.3, -0.25) is 9.48 Å². The number of nitrogen functional groups attached to an aromatic ring is 1. The summed E-state index contributed by atoms with van der Waals surface area (Å²) in [5.41, 5.74) is 6.53. The zero-order chi connectivity index (χ0) is 15.6. The Bertz CT molecular complexity index is 692. The second-order valence-corrected chi connectivity index (χ2v) is 4.64. The molecule has 1 heterocycles. The number of aromatic nitrogens is 2. The summed E-state index contributed by atoms with van der Waals surface area (Å²) in [5, 5.41) is 6.84. The van der Waals surface area contributed by atoms with Crippen molar-refractivity contribution in [3.05, 3.63) is 40.7 Å². The van der Waals surface area contributed by atoms with Gasteiger partial charge in [0.2, 0.25) is 0 Å². The number of methoxy groups -OCH3 is 1. The highest BCUT2D eigenvalue weighted by Gasteiger charge is 2.19. The average molecular weight is 309 g/mol. The third-order valence-electron chi connectivity index (χ3n) is 2.82. The number of ether oxygens (including phenoxy) is 1. The molecule has 0 atom stereocenters. The van der Waals surface area contributed by atoms with Crippen molar-refractivity contribution in [2.75, 3.05) is 18.2 Å². The molecule has 3 N–H and O–H groups in total. The lowest BCUT2D eigenvalue weighted by atomic mass is 10.1. The van der Waals surface area contributed by atoms with Gasteiger partial charge in [0, 0.05) is 12.1 Å². The summed E-state index contributed by atoms with van der Waals surface area (Å²) in [6.07, 6.45) is 1.37. The van der Waals surface area contributed by atoms with Gasteiger partial charge in [-0.1, -0.05) is 11.6 Å². The number of hydrogen-bond acceptors (Lipinski definition) is 5. The fraction of sp³-hybridized carbons (Fsp3) is 0.154. The lowest BCUT2D eigenvalue weighted by Gasteiger charge is -2.10. The van der Waals surface area contributed by atoms with E-state index >= 15 is 0 Å². The summed E-state index contributed by atoms with van der Waals surface area (Å²) >= 11 is 5.89. The van der Waals surface area contributed by atoms with Crippen LogP contribution in [0.2, 0.25) is 5.02 Å². The number of carbonyl (C=O) groups excluding carboxylic acids is 2. The van der Waals surface area contributed by atoms with E-state index < -0.39 is 11.9 Å². The Hall–Kier alpha value is -2.54. The second kappa shape index (κ2) is 5.84. The van der Waals surface area contributed by atoms with E-state index in [0.29, 0.717) is 5.02 Å². The number of rotatable bonds is 3. The molecule has 1 amide bonds. The SMILES string of the molecule is COC(=O)c1ccc(Cl)cc1NC(=O)c1c(N)cnn1C. The highest BCUT2D eigenvalue weighted by molar-refractivity contribution is 6.31. The molecule has 2 aromatic rings. The molecule has 1 aromatic heterocycles. The monoisotopic (exact) mass is 308 g/mol. The molecule has 0 fully saturated rings. The quantitative estimate of drug-likeness (QED) is 0.841. The molecule has 0 aliphatic heterocycles. The van der Waals surface area contributed by atoms with Crippen LogP contribution in [0.25, 0.3) is 0 Å². The van der Waals surface area contributed by atoms with Gasteiger partial charge < -0.3 is 15.8 Å². The van der Waals surface area contributed by atoms with Crippen molar-refractivity contribution in [3.8, 4) is 0 Å². The van der Waals surface area contributed by atoms with Crippen molar-refractivity contribution in [2.24, 2.45) is 7.05 Å². The summed E-state index contributed by atoms with van der Waals surface area (Å²) in [4.78, 5) is 23.9. The third-order valence-corrected chi connectivity index (χ3v) is 3.05. The molecule has 8 heteroatoms. The standard InChI is InChI=1S/C13H13ClN4O3/c1-18-11(9(15)6-16-18)12(19)17-10-5-7(14)3-4-8(10)13(20)21-2/h3-6H,15H2,1-2H3,(H,17,19). The molecular formula is C13H13ClN4O3. The highest BCUT2D eigenvalue weighted by atomic mass is 35.5. The number of amides is 1. The van der Waals surface area contributed by atoms with Crippen molar-refractivity contribution in [3.63, 3.8) is 0 Å². The first-order valence-corrected chi connectivity index (χ1v) is 6.28. The van der Waals surface area contributed by atoms with E-state index in [0.717, 1.165) is 0 Å². The number of carbonyl (C=O) groups is 2. The minimum atomic E-state index is -0.583. The van der Waals surface area contributed by atoms with E-state index in [9.17, 15) is 9.59 Å². The molecule has 0 saturated carbocycles. The molecule has 0 bridgehead atoms. The van der Waals surface area contributed by atoms with Crippen molar-refractivity contribution < 1.29 is 14.3 Å². The zero-order valence-electron chi connectivity index (χ0n) is 11.4. The number of nitrogens with two attached hydrogens (primary N) is 1. The zero-order valence-corrected chi connectivity index (χ0v) is 12.1. The first-order valence-electron chi connectivity index (χ1n) is 5.90. The van der Waals surface area contributed by atoms with Crippen LogP contribution in [-0.2, 0) is 11.8 Å². The van der Waals surface area contributed by atoms with E-state index in [1.54, 1.807) is 7.05 Å². The topological polar surface area (TPSA) is 99.2 Å². The highest BCUT2D eigenvalue weighted by Crippen LogP contribution is 2.23. The number of halogens is 1. The fourth-order valence-electron chi connectivity index (χ4n) is 1.82. The van der Waals surface area contributed by atoms with Crippen LogP contribution >= 0.6 is 11.6 Å². The van der Waals surface area contributed by atoms with Gasteiger partial charge in [-0.2, -0.15) is 5.10 Å². The van der Waals surface area contributed by atoms with Crippen LogP contribution in [0.5, 0.6) is 0 Å². The molecule has 0 spiro atoms. The molecule has 0 unspecified atom stereocenters. The maximum Gasteiger partial charge on any atom is 0.339 e. The summed E-state index contributed by atoms with van der Waals surface area (Å²) in [5.74, 6) is -1.08. The Morgan fingerprint density at radius 3 is 2.71 bits per heavy atom. The lowest BCUT2D eigenvalue weighted by Crippen LogP contribution is -2.19. The first-order chi connectivity index (χ1) is 9.93. The molecule has 21 heavy (non-hydrogen) atoms. The molecule has 2 rings (SSSR count). The summed E-state index contributed by atoms with van der Waals surface area (Å²) < 4.78 is 6.00. The number of nitrogens with one attached hydrogen (secondary N) is 1. The molecule has 1 aromatic carbocycles. The van der Waals surface area contributed by atoms with Gasteiger partial charge in [0.15, 0.2) is 0 Å². The maximum atomic E-state index is 12.2. The van der Waals surface area contributed by atoms with Crippen molar-refractivity contribution >= 4 is 34.9 Å². The number of hydrogen-bond donors (Lipinski definition) is 2. The molecule has 0 radical (unpaired) electrons. The average Bonchev–Trinajstić information content (AvgIpc) is 2.77. The Balaban J connectivity index is 2.37. The van der Waals surface area contributed by atoms with Crippen molar-refractivity contribution in [1.82, 2.24) is 9.78 Å². The van der Waals surface area contributed by atoms with Gasteiger partial charge in [-0.15, -0.1) is 0 Å². The molecular weight excluding hydrogens is 296 g/mol. The van der Waals surface area contributed by atoms with Crippen LogP contribution in [-0.4, -0.2) is 28.8 Å². The van der Waals surface area contributed by atoms with Crippen LogP contribution < -0.4 is 11.1 Å². The van der Waals surface area contributed by atoms with E-state index in [2.05, 4.69) is 15.2 Å². The van der Waals surface area contributed by atoms with E-state index in [-0.39, 0.29) is 22.6 Å². The van der Waals surface area contributed by atoms with E-state index in [4.69, 9.17) is 17.3 Å². The largest absolute Gasteiger partial charge is 0.465 e. The smallest absolute Gasteiger partial charge is 0.339 e. The van der Waals surface area contributed by atoms with E-state index in [1.165, 1.54) is 36.2 Å². The van der Waals surface area contributed by atoms with Gasteiger partial charge in [0.25, 0.3) is 5.91 Å². The molecule has 0 saturated heterocycles. The first kappa shape index (κ1) is 14.9. The van der Waals surface area contributed by atoms with Crippen molar-refractivity contribution in [1.29, 1.82) is 0 Å². The Labute approximate surface area is 125 Å². The Morgan fingerprint density at radius 1 is 1.43 bits per heavy atom. The van der Waals surface area contributed by atoms with Gasteiger partial charge in [0.1, 0.15) is 5.69 Å². The van der Waals surface area contributed by atoms with Crippen LogP contribution in [0.4, 0.5) is 11.4 Å². The summed E-state index contributed by atoms with van der Waals surface area (Å²) in [6.45, 7) is 0. The molecule has 7 nitrogen and oxygen atoms in total. The molecule has 0 aliphatic rings. The van der Waals surface area contributed by atoms with Crippen LogP contribution in [0.15, 0.2) is 24.4 Å². The number of nitrogens with zero attached hydrogens (tertiary/aromatic N) is 2. The third kappa shape index (κ3) is 2.97. The fourth-order valence-corrected chi connectivity index (χ4v) is 1.99. The number of aryl methyl sites for hydroxylation is 1. The van der Waals surface area contributed by atoms with Gasteiger partial charge in [-0.05, 0) is 18.2 Å². The van der Waals surface area contributed by atoms with Crippen LogP contribution in [0.3, 0.4) is 0 Å².